The van der Waals surface area contributed by atoms with Crippen molar-refractivity contribution in [3.8, 4) is 0 Å². The van der Waals surface area contributed by atoms with Crippen LogP contribution in [0.3, 0.4) is 0 Å². The van der Waals surface area contributed by atoms with E-state index in [1.165, 1.54) is 38.5 Å². The molecule has 0 aromatic carbocycles. The lowest BCUT2D eigenvalue weighted by molar-refractivity contribution is 0.0411. The van der Waals surface area contributed by atoms with Crippen LogP contribution in [0, 0.1) is 0 Å². The molecule has 2 N–H and O–H groups in total. The highest BCUT2D eigenvalue weighted by Crippen LogP contribution is 2.20. The highest BCUT2D eigenvalue weighted by atomic mass is 32.2. The minimum atomic E-state index is 0.226. The summed E-state index contributed by atoms with van der Waals surface area (Å²) in [5.74, 6) is 0.900. The number of guanidine groups is 1. The third-order valence-corrected chi connectivity index (χ3v) is 5.73. The van der Waals surface area contributed by atoms with Crippen LogP contribution in [0.25, 0.3) is 0 Å². The van der Waals surface area contributed by atoms with Gasteiger partial charge in [0.05, 0.1) is 6.10 Å². The zero-order chi connectivity index (χ0) is 17.0. The SMILES string of the molecule is CN=C(NCCCCOC1CCCCCC1)NCC(C)(C)SC. The third kappa shape index (κ3) is 10.1. The quantitative estimate of drug-likeness (QED) is 0.289. The molecule has 0 aromatic rings. The van der Waals surface area contributed by atoms with Gasteiger partial charge in [-0.1, -0.05) is 25.7 Å². The van der Waals surface area contributed by atoms with E-state index < -0.39 is 0 Å². The minimum Gasteiger partial charge on any atom is -0.378 e. The van der Waals surface area contributed by atoms with E-state index in [4.69, 9.17) is 4.74 Å². The Kier molecular flexibility index (Phi) is 10.8. The van der Waals surface area contributed by atoms with Gasteiger partial charge in [-0.15, -0.1) is 0 Å². The number of aliphatic imine (C=N–C) groups is 1. The summed E-state index contributed by atoms with van der Waals surface area (Å²) in [6.07, 6.45) is 12.9. The lowest BCUT2D eigenvalue weighted by Crippen LogP contribution is -2.43. The lowest BCUT2D eigenvalue weighted by atomic mass is 10.1. The second-order valence-electron chi connectivity index (χ2n) is 7.01. The molecule has 136 valence electrons. The van der Waals surface area contributed by atoms with Gasteiger partial charge in [-0.3, -0.25) is 4.99 Å². The molecule has 0 atom stereocenters. The van der Waals surface area contributed by atoms with Gasteiger partial charge in [0, 0.05) is 31.5 Å². The summed E-state index contributed by atoms with van der Waals surface area (Å²) >= 11 is 1.87. The molecule has 0 radical (unpaired) electrons. The second-order valence-corrected chi connectivity index (χ2v) is 8.52. The number of nitrogens with one attached hydrogen (secondary N) is 2. The van der Waals surface area contributed by atoms with Gasteiger partial charge in [0.25, 0.3) is 0 Å². The summed E-state index contributed by atoms with van der Waals surface area (Å²) in [7, 11) is 1.83. The first kappa shape index (κ1) is 20.6. The summed E-state index contributed by atoms with van der Waals surface area (Å²) in [6.45, 7) is 7.25. The molecule has 0 amide bonds. The van der Waals surface area contributed by atoms with Gasteiger partial charge in [-0.25, -0.2) is 0 Å². The van der Waals surface area contributed by atoms with Crippen molar-refractivity contribution in [2.24, 2.45) is 4.99 Å². The molecule has 1 rings (SSSR count). The Morgan fingerprint density at radius 3 is 2.43 bits per heavy atom. The monoisotopic (exact) mass is 343 g/mol. The predicted molar refractivity (Wildman–Crippen MR) is 104 cm³/mol. The Hall–Kier alpha value is -0.420. The standard InChI is InChI=1S/C18H37N3OS/c1-18(2,23-4)15-21-17(19-3)20-13-9-10-14-22-16-11-7-5-6-8-12-16/h16H,5-15H2,1-4H3,(H2,19,20,21). The molecule has 0 bridgehead atoms. The molecular weight excluding hydrogens is 306 g/mol. The topological polar surface area (TPSA) is 45.7 Å². The predicted octanol–water partition coefficient (Wildman–Crippen LogP) is 3.81. The number of hydrogen-bond acceptors (Lipinski definition) is 3. The van der Waals surface area contributed by atoms with Crippen molar-refractivity contribution in [1.82, 2.24) is 10.6 Å². The van der Waals surface area contributed by atoms with Crippen LogP contribution >= 0.6 is 11.8 Å². The van der Waals surface area contributed by atoms with E-state index in [0.29, 0.717) is 6.10 Å². The van der Waals surface area contributed by atoms with Gasteiger partial charge < -0.3 is 15.4 Å². The van der Waals surface area contributed by atoms with Gasteiger partial charge in [0.15, 0.2) is 5.96 Å². The molecule has 4 nitrogen and oxygen atoms in total. The molecule has 1 aliphatic carbocycles. The first-order chi connectivity index (χ1) is 11.1. The second kappa shape index (κ2) is 12.0. The van der Waals surface area contributed by atoms with Crippen molar-refractivity contribution < 1.29 is 4.74 Å². The molecule has 0 aliphatic heterocycles. The molecule has 23 heavy (non-hydrogen) atoms. The Morgan fingerprint density at radius 1 is 1.13 bits per heavy atom. The maximum Gasteiger partial charge on any atom is 0.191 e. The van der Waals surface area contributed by atoms with Crippen molar-refractivity contribution in [1.29, 1.82) is 0 Å². The molecule has 1 saturated carbocycles. The fourth-order valence-electron chi connectivity index (χ4n) is 2.68. The zero-order valence-corrected chi connectivity index (χ0v) is 16.4. The Labute approximate surface area is 147 Å². The number of hydrogen-bond donors (Lipinski definition) is 2. The highest BCUT2D eigenvalue weighted by Gasteiger charge is 2.16. The molecule has 0 saturated heterocycles. The van der Waals surface area contributed by atoms with Crippen molar-refractivity contribution in [3.05, 3.63) is 0 Å². The lowest BCUT2D eigenvalue weighted by Gasteiger charge is -2.23. The number of rotatable bonds is 9. The smallest absolute Gasteiger partial charge is 0.191 e. The molecule has 0 unspecified atom stereocenters. The van der Waals surface area contributed by atoms with Crippen LogP contribution in [0.2, 0.25) is 0 Å². The van der Waals surface area contributed by atoms with Crippen molar-refractivity contribution in [2.45, 2.75) is 76.1 Å². The summed E-state index contributed by atoms with van der Waals surface area (Å²) < 4.78 is 6.25. The fraction of sp³-hybridized carbons (Fsp3) is 0.944. The average Bonchev–Trinajstić information content (AvgIpc) is 2.82. The van der Waals surface area contributed by atoms with E-state index in [2.05, 4.69) is 35.7 Å². The molecule has 5 heteroatoms. The van der Waals surface area contributed by atoms with Crippen molar-refractivity contribution >= 4 is 17.7 Å². The first-order valence-corrected chi connectivity index (χ1v) is 10.4. The van der Waals surface area contributed by atoms with Crippen LogP contribution in [-0.4, -0.2) is 49.8 Å². The van der Waals surface area contributed by atoms with Crippen LogP contribution in [0.1, 0.15) is 65.2 Å². The van der Waals surface area contributed by atoms with Crippen LogP contribution < -0.4 is 10.6 Å². The van der Waals surface area contributed by atoms with Gasteiger partial charge >= 0.3 is 0 Å². The maximum atomic E-state index is 6.03. The van der Waals surface area contributed by atoms with Gasteiger partial charge in [0.2, 0.25) is 0 Å². The van der Waals surface area contributed by atoms with Crippen LogP contribution in [0.5, 0.6) is 0 Å². The van der Waals surface area contributed by atoms with E-state index in [1.54, 1.807) is 0 Å². The van der Waals surface area contributed by atoms with E-state index in [1.807, 2.05) is 18.8 Å². The largest absolute Gasteiger partial charge is 0.378 e. The average molecular weight is 344 g/mol. The van der Waals surface area contributed by atoms with E-state index in [9.17, 15) is 0 Å². The first-order valence-electron chi connectivity index (χ1n) is 9.18. The summed E-state index contributed by atoms with van der Waals surface area (Å²) in [5.41, 5.74) is 0. The van der Waals surface area contributed by atoms with Gasteiger partial charge in [-0.05, 0) is 45.8 Å². The maximum absolute atomic E-state index is 6.03. The number of thioether (sulfide) groups is 1. The number of unbranched alkanes of at least 4 members (excludes halogenated alkanes) is 1. The molecule has 0 aromatic heterocycles. The Morgan fingerprint density at radius 2 is 1.83 bits per heavy atom. The van der Waals surface area contributed by atoms with E-state index in [-0.39, 0.29) is 4.75 Å². The van der Waals surface area contributed by atoms with E-state index in [0.717, 1.165) is 38.5 Å². The molecule has 0 spiro atoms. The minimum absolute atomic E-state index is 0.226. The molecule has 0 heterocycles. The van der Waals surface area contributed by atoms with E-state index >= 15 is 0 Å². The van der Waals surface area contributed by atoms with Crippen LogP contribution in [0.15, 0.2) is 4.99 Å². The highest BCUT2D eigenvalue weighted by molar-refractivity contribution is 7.99. The molecule has 1 aliphatic rings. The molecular formula is C18H37N3OS. The van der Waals surface area contributed by atoms with Crippen molar-refractivity contribution in [3.63, 3.8) is 0 Å². The number of ether oxygens (including phenoxy) is 1. The normalized spacial score (nSPS) is 17.8. The van der Waals surface area contributed by atoms with Crippen LogP contribution in [-0.2, 0) is 4.74 Å². The zero-order valence-electron chi connectivity index (χ0n) is 15.6. The number of nitrogens with zero attached hydrogens (tertiary/aromatic N) is 1. The van der Waals surface area contributed by atoms with Crippen LogP contribution in [0.4, 0.5) is 0 Å². The summed E-state index contributed by atoms with van der Waals surface area (Å²) in [5, 5.41) is 6.79. The van der Waals surface area contributed by atoms with Crippen molar-refractivity contribution in [2.75, 3.05) is 33.0 Å². The fourth-order valence-corrected chi connectivity index (χ4v) is 2.90. The molecule has 1 fully saturated rings. The van der Waals surface area contributed by atoms with Gasteiger partial charge in [0.1, 0.15) is 0 Å². The Bertz CT molecular complexity index is 326. The summed E-state index contributed by atoms with van der Waals surface area (Å²) in [6, 6.07) is 0. The van der Waals surface area contributed by atoms with Gasteiger partial charge in [-0.2, -0.15) is 11.8 Å². The summed E-state index contributed by atoms with van der Waals surface area (Å²) in [4.78, 5) is 4.28. The third-order valence-electron chi connectivity index (χ3n) is 4.48. The Balaban J connectivity index is 2.04.